The van der Waals surface area contributed by atoms with Crippen molar-refractivity contribution in [1.29, 1.82) is 0 Å². The summed E-state index contributed by atoms with van der Waals surface area (Å²) in [5, 5.41) is 0. The zero-order chi connectivity index (χ0) is 22.4. The van der Waals surface area contributed by atoms with Crippen LogP contribution in [-0.2, 0) is 0 Å². The molecule has 6 heteroatoms. The largest absolute Gasteiger partial charge is 0.493 e. The lowest BCUT2D eigenvalue weighted by molar-refractivity contribution is -0.898. The number of anilines is 1. The topological polar surface area (TPSA) is 43.2 Å². The Labute approximate surface area is 184 Å². The SMILES string of the molecule is CC[NH+]1CCN(c2ccc(C(=O)/C=C/c3cccc(OC)c3OC(C)C)cc2F)CC1. The number of ketones is 1. The Hall–Kier alpha value is -2.86. The second kappa shape index (κ2) is 10.4. The summed E-state index contributed by atoms with van der Waals surface area (Å²) in [5.41, 5.74) is 1.62. The summed E-state index contributed by atoms with van der Waals surface area (Å²) in [7, 11) is 1.58. The number of halogens is 1. The molecular weight excluding hydrogens is 395 g/mol. The van der Waals surface area contributed by atoms with Crippen LogP contribution in [0.1, 0.15) is 36.7 Å². The first kappa shape index (κ1) is 22.8. The van der Waals surface area contributed by atoms with E-state index in [-0.39, 0.29) is 17.7 Å². The van der Waals surface area contributed by atoms with Gasteiger partial charge < -0.3 is 19.3 Å². The predicted molar refractivity (Wildman–Crippen MR) is 122 cm³/mol. The molecule has 2 aromatic carbocycles. The average molecular weight is 428 g/mol. The molecule has 31 heavy (non-hydrogen) atoms. The Kier molecular flexibility index (Phi) is 7.69. The van der Waals surface area contributed by atoms with Crippen molar-refractivity contribution in [2.45, 2.75) is 26.9 Å². The van der Waals surface area contributed by atoms with Gasteiger partial charge in [0.05, 0.1) is 51.6 Å². The fourth-order valence-corrected chi connectivity index (χ4v) is 3.78. The third kappa shape index (κ3) is 5.64. The summed E-state index contributed by atoms with van der Waals surface area (Å²) >= 11 is 0. The summed E-state index contributed by atoms with van der Waals surface area (Å²) in [5.74, 6) is 0.566. The zero-order valence-electron chi connectivity index (χ0n) is 18.8. The molecule has 1 aliphatic rings. The average Bonchev–Trinajstić information content (AvgIpc) is 2.77. The number of quaternary nitrogens is 1. The number of piperazine rings is 1. The second-order valence-corrected chi connectivity index (χ2v) is 8.00. The lowest BCUT2D eigenvalue weighted by Gasteiger charge is -2.33. The third-order valence-corrected chi connectivity index (χ3v) is 5.54. The molecule has 1 heterocycles. The number of rotatable bonds is 8. The van der Waals surface area contributed by atoms with E-state index in [4.69, 9.17) is 9.47 Å². The molecule has 0 aliphatic carbocycles. The standard InChI is InChI=1S/C25H31FN2O3/c1-5-27-13-15-28(16-14-27)22-11-9-20(17-21(22)26)23(29)12-10-19-7-6-8-24(30-4)25(19)31-18(2)3/h6-12,17-18H,5,13-16H2,1-4H3/p+1/b12-10+. The Morgan fingerprint density at radius 3 is 2.58 bits per heavy atom. The molecule has 1 fully saturated rings. The van der Waals surface area contributed by atoms with E-state index in [1.54, 1.807) is 25.3 Å². The molecule has 0 aromatic heterocycles. The number of methoxy groups -OCH3 is 1. The maximum Gasteiger partial charge on any atom is 0.185 e. The van der Waals surface area contributed by atoms with Gasteiger partial charge in [-0.15, -0.1) is 0 Å². The smallest absolute Gasteiger partial charge is 0.185 e. The summed E-state index contributed by atoms with van der Waals surface area (Å²) in [4.78, 5) is 16.3. The van der Waals surface area contributed by atoms with E-state index in [0.29, 0.717) is 22.7 Å². The number of carbonyl (C=O) groups excluding carboxylic acids is 1. The predicted octanol–water partition coefficient (Wildman–Crippen LogP) is 3.24. The van der Waals surface area contributed by atoms with Crippen molar-refractivity contribution >= 4 is 17.5 Å². The number of hydrogen-bond acceptors (Lipinski definition) is 4. The van der Waals surface area contributed by atoms with Crippen molar-refractivity contribution < 1.29 is 23.6 Å². The fourth-order valence-electron chi connectivity index (χ4n) is 3.78. The van der Waals surface area contributed by atoms with Crippen LogP contribution in [0.2, 0.25) is 0 Å². The number of nitrogens with one attached hydrogen (secondary N) is 1. The number of allylic oxidation sites excluding steroid dienone is 1. The normalized spacial score (nSPS) is 15.0. The van der Waals surface area contributed by atoms with Gasteiger partial charge in [-0.05, 0) is 57.2 Å². The molecule has 0 bridgehead atoms. The van der Waals surface area contributed by atoms with Gasteiger partial charge in [-0.3, -0.25) is 4.79 Å². The lowest BCUT2D eigenvalue weighted by atomic mass is 10.1. The molecule has 2 aromatic rings. The van der Waals surface area contributed by atoms with Crippen LogP contribution < -0.4 is 19.3 Å². The third-order valence-electron chi connectivity index (χ3n) is 5.54. The van der Waals surface area contributed by atoms with Crippen LogP contribution in [0.15, 0.2) is 42.5 Å². The highest BCUT2D eigenvalue weighted by atomic mass is 19.1. The van der Waals surface area contributed by atoms with Crippen LogP contribution in [0, 0.1) is 5.82 Å². The van der Waals surface area contributed by atoms with Gasteiger partial charge >= 0.3 is 0 Å². The van der Waals surface area contributed by atoms with Crippen LogP contribution in [0.4, 0.5) is 10.1 Å². The van der Waals surface area contributed by atoms with E-state index in [9.17, 15) is 9.18 Å². The molecule has 0 spiro atoms. The van der Waals surface area contributed by atoms with Gasteiger partial charge in [0.2, 0.25) is 0 Å². The lowest BCUT2D eigenvalue weighted by Crippen LogP contribution is -3.14. The van der Waals surface area contributed by atoms with Gasteiger partial charge in [-0.1, -0.05) is 12.1 Å². The number of likely N-dealkylation sites (N-methyl/N-ethyl adjacent to an activating group) is 1. The van der Waals surface area contributed by atoms with Gasteiger partial charge in [-0.25, -0.2) is 4.39 Å². The Bertz CT molecular complexity index is 934. The summed E-state index contributed by atoms with van der Waals surface area (Å²) < 4.78 is 26.0. The molecular formula is C25H32FN2O3+. The van der Waals surface area contributed by atoms with Gasteiger partial charge in [0, 0.05) is 11.1 Å². The van der Waals surface area contributed by atoms with Crippen LogP contribution in [0.25, 0.3) is 6.08 Å². The summed E-state index contributed by atoms with van der Waals surface area (Å²) in [6.45, 7) is 10.8. The highest BCUT2D eigenvalue weighted by Crippen LogP contribution is 2.33. The monoisotopic (exact) mass is 427 g/mol. The molecule has 0 saturated carbocycles. The highest BCUT2D eigenvalue weighted by molar-refractivity contribution is 6.07. The van der Waals surface area contributed by atoms with E-state index in [1.807, 2.05) is 32.0 Å². The summed E-state index contributed by atoms with van der Waals surface area (Å²) in [6.07, 6.45) is 3.09. The van der Waals surface area contributed by atoms with Crippen molar-refractivity contribution in [1.82, 2.24) is 0 Å². The highest BCUT2D eigenvalue weighted by Gasteiger charge is 2.21. The van der Waals surface area contributed by atoms with E-state index < -0.39 is 0 Å². The molecule has 5 nitrogen and oxygen atoms in total. The van der Waals surface area contributed by atoms with E-state index in [2.05, 4.69) is 11.8 Å². The van der Waals surface area contributed by atoms with Gasteiger partial charge in [0.25, 0.3) is 0 Å². The van der Waals surface area contributed by atoms with Crippen molar-refractivity contribution in [3.05, 3.63) is 59.4 Å². The molecule has 0 radical (unpaired) electrons. The van der Waals surface area contributed by atoms with Crippen LogP contribution in [0.3, 0.4) is 0 Å². The number of benzene rings is 2. The van der Waals surface area contributed by atoms with Gasteiger partial charge in [0.1, 0.15) is 5.82 Å². The second-order valence-electron chi connectivity index (χ2n) is 8.00. The molecule has 1 N–H and O–H groups in total. The molecule has 166 valence electrons. The Morgan fingerprint density at radius 1 is 1.23 bits per heavy atom. The van der Waals surface area contributed by atoms with Crippen LogP contribution in [-0.4, -0.2) is 51.7 Å². The van der Waals surface area contributed by atoms with Crippen molar-refractivity contribution in [3.63, 3.8) is 0 Å². The first-order chi connectivity index (χ1) is 14.9. The van der Waals surface area contributed by atoms with E-state index in [0.717, 1.165) is 38.3 Å². The van der Waals surface area contributed by atoms with Gasteiger partial charge in [-0.2, -0.15) is 0 Å². The van der Waals surface area contributed by atoms with Crippen molar-refractivity contribution in [3.8, 4) is 11.5 Å². The molecule has 0 amide bonds. The zero-order valence-corrected chi connectivity index (χ0v) is 18.8. The van der Waals surface area contributed by atoms with Gasteiger partial charge in [0.15, 0.2) is 17.3 Å². The first-order valence-corrected chi connectivity index (χ1v) is 10.9. The van der Waals surface area contributed by atoms with E-state index in [1.165, 1.54) is 17.0 Å². The molecule has 1 aliphatic heterocycles. The minimum atomic E-state index is -0.357. The summed E-state index contributed by atoms with van der Waals surface area (Å²) in [6, 6.07) is 10.2. The minimum Gasteiger partial charge on any atom is -0.493 e. The van der Waals surface area contributed by atoms with Crippen molar-refractivity contribution in [2.75, 3.05) is 44.7 Å². The van der Waals surface area contributed by atoms with E-state index >= 15 is 0 Å². The van der Waals surface area contributed by atoms with Crippen molar-refractivity contribution in [2.24, 2.45) is 0 Å². The number of carbonyl (C=O) groups is 1. The minimum absolute atomic E-state index is 0.0402. The Balaban J connectivity index is 1.75. The number of para-hydroxylation sites is 1. The fraction of sp³-hybridized carbons (Fsp3) is 0.400. The van der Waals surface area contributed by atoms with Crippen LogP contribution >= 0.6 is 0 Å². The molecule has 3 rings (SSSR count). The number of ether oxygens (including phenoxy) is 2. The van der Waals surface area contributed by atoms with Crippen LogP contribution in [0.5, 0.6) is 11.5 Å². The quantitative estimate of drug-likeness (QED) is 0.519. The number of hydrogen-bond donors (Lipinski definition) is 1. The molecule has 0 unspecified atom stereocenters. The first-order valence-electron chi connectivity index (χ1n) is 10.9. The molecule has 1 saturated heterocycles. The maximum atomic E-state index is 14.8. The molecule has 0 atom stereocenters. The number of nitrogens with zero attached hydrogens (tertiary/aromatic N) is 1. The Morgan fingerprint density at radius 2 is 1.97 bits per heavy atom. The maximum absolute atomic E-state index is 14.8.